The van der Waals surface area contributed by atoms with Crippen molar-refractivity contribution in [3.05, 3.63) is 71.4 Å². The smallest absolute Gasteiger partial charge is 0.313 e. The van der Waals surface area contributed by atoms with Crippen molar-refractivity contribution in [3.63, 3.8) is 0 Å². The van der Waals surface area contributed by atoms with E-state index < -0.39 is 5.97 Å². The lowest BCUT2D eigenvalue weighted by Crippen LogP contribution is -2.17. The standard InChI is InChI=1S/C24H24ClNO5S/c1-16-12-20(8-9-22(16)32-15-23(27)28)29-11-10-17(2)30-24-21(13-18(25)14-26-24)31-19-6-4-3-5-7-19/h3-9,12-14,17H,10-11,15H2,1-2H3,(H,27,28). The molecule has 0 spiro atoms. The van der Waals surface area contributed by atoms with Gasteiger partial charge in [-0.25, -0.2) is 4.98 Å². The minimum absolute atomic E-state index is 0.0323. The summed E-state index contributed by atoms with van der Waals surface area (Å²) in [5, 5.41) is 9.28. The van der Waals surface area contributed by atoms with E-state index >= 15 is 0 Å². The molecule has 0 aliphatic rings. The fraction of sp³-hybridized carbons (Fsp3) is 0.250. The number of para-hydroxylation sites is 1. The number of carboxylic acids is 1. The highest BCUT2D eigenvalue weighted by molar-refractivity contribution is 8.00. The quantitative estimate of drug-likeness (QED) is 0.330. The fourth-order valence-corrected chi connectivity index (χ4v) is 3.67. The topological polar surface area (TPSA) is 77.9 Å². The second-order valence-corrected chi connectivity index (χ2v) is 8.50. The van der Waals surface area contributed by atoms with E-state index in [-0.39, 0.29) is 11.9 Å². The van der Waals surface area contributed by atoms with E-state index in [4.69, 9.17) is 30.9 Å². The summed E-state index contributed by atoms with van der Waals surface area (Å²) in [4.78, 5) is 15.9. The zero-order valence-corrected chi connectivity index (χ0v) is 19.4. The lowest BCUT2D eigenvalue weighted by Gasteiger charge is -2.17. The van der Waals surface area contributed by atoms with Gasteiger partial charge in [-0.3, -0.25) is 4.79 Å². The summed E-state index contributed by atoms with van der Waals surface area (Å²) in [6.45, 7) is 4.32. The van der Waals surface area contributed by atoms with Gasteiger partial charge in [0.05, 0.1) is 17.4 Å². The Bertz CT molecular complexity index is 1050. The number of carboxylic acid groups (broad SMARTS) is 1. The maximum absolute atomic E-state index is 10.7. The predicted octanol–water partition coefficient (Wildman–Crippen LogP) is 6.25. The number of halogens is 1. The van der Waals surface area contributed by atoms with Crippen molar-refractivity contribution in [1.29, 1.82) is 0 Å². The molecule has 1 unspecified atom stereocenters. The monoisotopic (exact) mass is 473 g/mol. The first-order valence-electron chi connectivity index (χ1n) is 10.0. The molecule has 0 saturated carbocycles. The van der Waals surface area contributed by atoms with Gasteiger partial charge >= 0.3 is 5.97 Å². The number of pyridine rings is 1. The van der Waals surface area contributed by atoms with Crippen LogP contribution in [0, 0.1) is 6.92 Å². The van der Waals surface area contributed by atoms with Crippen LogP contribution >= 0.6 is 23.4 Å². The van der Waals surface area contributed by atoms with E-state index in [1.54, 1.807) is 6.07 Å². The number of benzene rings is 2. The number of aromatic nitrogens is 1. The Balaban J connectivity index is 1.53. The van der Waals surface area contributed by atoms with Gasteiger partial charge in [-0.15, -0.1) is 11.8 Å². The van der Waals surface area contributed by atoms with E-state index in [1.165, 1.54) is 18.0 Å². The normalized spacial score (nSPS) is 11.6. The van der Waals surface area contributed by atoms with E-state index in [1.807, 2.05) is 62.4 Å². The van der Waals surface area contributed by atoms with Crippen LogP contribution in [0.5, 0.6) is 23.1 Å². The molecule has 2 aromatic carbocycles. The summed E-state index contributed by atoms with van der Waals surface area (Å²) < 4.78 is 17.7. The highest BCUT2D eigenvalue weighted by Gasteiger charge is 2.14. The van der Waals surface area contributed by atoms with E-state index in [0.717, 1.165) is 16.2 Å². The largest absolute Gasteiger partial charge is 0.493 e. The number of carbonyl (C=O) groups is 1. The van der Waals surface area contributed by atoms with Crippen LogP contribution in [0.3, 0.4) is 0 Å². The van der Waals surface area contributed by atoms with Crippen molar-refractivity contribution in [2.24, 2.45) is 0 Å². The van der Waals surface area contributed by atoms with Crippen molar-refractivity contribution >= 4 is 29.3 Å². The van der Waals surface area contributed by atoms with Gasteiger partial charge in [0.15, 0.2) is 5.75 Å². The summed E-state index contributed by atoms with van der Waals surface area (Å²) in [5.41, 5.74) is 0.978. The molecule has 0 amide bonds. The minimum atomic E-state index is -0.837. The molecule has 1 atom stereocenters. The average Bonchev–Trinajstić information content (AvgIpc) is 2.76. The molecule has 6 nitrogen and oxygen atoms in total. The summed E-state index contributed by atoms with van der Waals surface area (Å²) >= 11 is 7.37. The number of aliphatic carboxylic acids is 1. The Morgan fingerprint density at radius 1 is 1.16 bits per heavy atom. The van der Waals surface area contributed by atoms with Crippen LogP contribution in [0.2, 0.25) is 5.02 Å². The highest BCUT2D eigenvalue weighted by Crippen LogP contribution is 2.33. The van der Waals surface area contributed by atoms with Gasteiger partial charge in [-0.2, -0.15) is 0 Å². The molecule has 0 aliphatic carbocycles. The third-order valence-corrected chi connectivity index (χ3v) is 5.73. The zero-order valence-electron chi connectivity index (χ0n) is 17.8. The maximum atomic E-state index is 10.7. The molecular weight excluding hydrogens is 450 g/mol. The minimum Gasteiger partial charge on any atom is -0.493 e. The maximum Gasteiger partial charge on any atom is 0.313 e. The third-order valence-electron chi connectivity index (χ3n) is 4.36. The van der Waals surface area contributed by atoms with Crippen LogP contribution in [0.25, 0.3) is 0 Å². The molecule has 8 heteroatoms. The number of ether oxygens (including phenoxy) is 3. The molecule has 3 rings (SSSR count). The summed E-state index contributed by atoms with van der Waals surface area (Å²) in [6, 6.07) is 16.7. The SMILES string of the molecule is Cc1cc(OCCC(C)Oc2ncc(Cl)cc2Oc2ccccc2)ccc1SCC(=O)O. The van der Waals surface area contributed by atoms with Gasteiger partial charge in [0.25, 0.3) is 5.88 Å². The molecule has 168 valence electrons. The molecule has 32 heavy (non-hydrogen) atoms. The average molecular weight is 474 g/mol. The van der Waals surface area contributed by atoms with Crippen LogP contribution < -0.4 is 14.2 Å². The molecule has 0 bridgehead atoms. The van der Waals surface area contributed by atoms with Crippen LogP contribution in [0.15, 0.2) is 65.7 Å². The third kappa shape index (κ3) is 7.35. The summed E-state index contributed by atoms with van der Waals surface area (Å²) in [7, 11) is 0. The van der Waals surface area contributed by atoms with E-state index in [2.05, 4.69) is 4.98 Å². The zero-order chi connectivity index (χ0) is 22.9. The lowest BCUT2D eigenvalue weighted by atomic mass is 10.2. The summed E-state index contributed by atoms with van der Waals surface area (Å²) in [6.07, 6.45) is 1.97. The van der Waals surface area contributed by atoms with Crippen molar-refractivity contribution in [1.82, 2.24) is 4.98 Å². The summed E-state index contributed by atoms with van der Waals surface area (Å²) in [5.74, 6) is 1.40. The lowest BCUT2D eigenvalue weighted by molar-refractivity contribution is -0.133. The second kappa shape index (κ2) is 11.6. The second-order valence-electron chi connectivity index (χ2n) is 7.05. The van der Waals surface area contributed by atoms with Crippen molar-refractivity contribution in [2.75, 3.05) is 12.4 Å². The number of hydrogen-bond acceptors (Lipinski definition) is 6. The first-order valence-corrected chi connectivity index (χ1v) is 11.4. The Labute approximate surface area is 196 Å². The molecule has 0 radical (unpaired) electrons. The number of aryl methyl sites for hydroxylation is 1. The van der Waals surface area contributed by atoms with Gasteiger partial charge in [0.1, 0.15) is 17.6 Å². The number of thioether (sulfide) groups is 1. The molecule has 1 aromatic heterocycles. The molecule has 1 heterocycles. The molecular formula is C24H24ClNO5S. The van der Waals surface area contributed by atoms with Gasteiger partial charge < -0.3 is 19.3 Å². The predicted molar refractivity (Wildman–Crippen MR) is 126 cm³/mol. The Morgan fingerprint density at radius 3 is 2.66 bits per heavy atom. The first kappa shape index (κ1) is 23.8. The number of nitrogens with zero attached hydrogens (tertiary/aromatic N) is 1. The van der Waals surface area contributed by atoms with Crippen molar-refractivity contribution in [3.8, 4) is 23.1 Å². The Hall–Kier alpha value is -2.90. The van der Waals surface area contributed by atoms with Crippen molar-refractivity contribution in [2.45, 2.75) is 31.3 Å². The van der Waals surface area contributed by atoms with Crippen LogP contribution in [0.1, 0.15) is 18.9 Å². The van der Waals surface area contributed by atoms with Gasteiger partial charge in [0.2, 0.25) is 0 Å². The highest BCUT2D eigenvalue weighted by atomic mass is 35.5. The Morgan fingerprint density at radius 2 is 1.94 bits per heavy atom. The van der Waals surface area contributed by atoms with Gasteiger partial charge in [0, 0.05) is 23.6 Å². The fourth-order valence-electron chi connectivity index (χ4n) is 2.79. The number of rotatable bonds is 11. The van der Waals surface area contributed by atoms with E-state index in [9.17, 15) is 4.79 Å². The van der Waals surface area contributed by atoms with Crippen molar-refractivity contribution < 1.29 is 24.1 Å². The van der Waals surface area contributed by atoms with Gasteiger partial charge in [-0.1, -0.05) is 29.8 Å². The number of hydrogen-bond donors (Lipinski definition) is 1. The van der Waals surface area contributed by atoms with E-state index in [0.29, 0.717) is 35.4 Å². The molecule has 0 saturated heterocycles. The molecule has 0 fully saturated rings. The Kier molecular flexibility index (Phi) is 8.64. The van der Waals surface area contributed by atoms with Crippen LogP contribution in [-0.2, 0) is 4.79 Å². The van der Waals surface area contributed by atoms with Crippen LogP contribution in [0.4, 0.5) is 0 Å². The molecule has 1 N–H and O–H groups in total. The van der Waals surface area contributed by atoms with Crippen LogP contribution in [-0.4, -0.2) is 34.5 Å². The molecule has 3 aromatic rings. The first-order chi connectivity index (χ1) is 15.4. The molecule has 0 aliphatic heterocycles. The van der Waals surface area contributed by atoms with Gasteiger partial charge in [-0.05, 0) is 49.7 Å².